The van der Waals surface area contributed by atoms with Crippen molar-refractivity contribution in [3.05, 3.63) is 106 Å². The number of phenols is 2. The molecule has 3 aromatic carbocycles. The van der Waals surface area contributed by atoms with Gasteiger partial charge in [-0.15, -0.1) is 0 Å². The fraction of sp³-hybridized carbons (Fsp3) is 0.0714. The fourth-order valence-electron chi connectivity index (χ4n) is 3.48. The number of rotatable bonds is 8. The van der Waals surface area contributed by atoms with Crippen molar-refractivity contribution in [3.8, 4) is 17.2 Å². The molecule has 0 aliphatic heterocycles. The molecular formula is C28H24N2O4. The number of methoxy groups -OCH3 is 1. The second-order valence-electron chi connectivity index (χ2n) is 7.67. The first-order valence-electron chi connectivity index (χ1n) is 10.7. The molecule has 6 heteroatoms. The van der Waals surface area contributed by atoms with E-state index in [-0.39, 0.29) is 17.1 Å². The lowest BCUT2D eigenvalue weighted by Gasteiger charge is -2.05. The summed E-state index contributed by atoms with van der Waals surface area (Å²) in [6.45, 7) is 0.599. The summed E-state index contributed by atoms with van der Waals surface area (Å²) in [5.74, 6) is 0.456. The Morgan fingerprint density at radius 1 is 0.853 bits per heavy atom. The summed E-state index contributed by atoms with van der Waals surface area (Å²) in [7, 11) is 1.52. The van der Waals surface area contributed by atoms with E-state index in [9.17, 15) is 15.0 Å². The van der Waals surface area contributed by atoms with E-state index >= 15 is 0 Å². The van der Waals surface area contributed by atoms with Gasteiger partial charge in [-0.25, -0.2) is 0 Å². The minimum atomic E-state index is -0.0439. The maximum absolute atomic E-state index is 11.1. The number of aldehydes is 1. The number of hydrogen-bond donors (Lipinski definition) is 2. The average Bonchev–Trinajstić information content (AvgIpc) is 3.25. The van der Waals surface area contributed by atoms with Crippen LogP contribution in [0.15, 0.2) is 72.8 Å². The molecule has 4 rings (SSSR count). The highest BCUT2D eigenvalue weighted by Gasteiger charge is 2.07. The Hall–Kier alpha value is -4.58. The molecular weight excluding hydrogens is 428 g/mol. The first-order valence-corrected chi connectivity index (χ1v) is 10.7. The van der Waals surface area contributed by atoms with Crippen molar-refractivity contribution in [1.82, 2.24) is 9.78 Å². The Kier molecular flexibility index (Phi) is 6.89. The van der Waals surface area contributed by atoms with Crippen molar-refractivity contribution in [1.29, 1.82) is 0 Å². The number of aromatic nitrogens is 2. The molecule has 0 amide bonds. The predicted molar refractivity (Wildman–Crippen MR) is 134 cm³/mol. The van der Waals surface area contributed by atoms with Crippen molar-refractivity contribution in [2.45, 2.75) is 6.54 Å². The number of aromatic hydroxyl groups is 2. The summed E-state index contributed by atoms with van der Waals surface area (Å²) in [6.07, 6.45) is 8.24. The van der Waals surface area contributed by atoms with Gasteiger partial charge in [0.1, 0.15) is 5.75 Å². The van der Waals surface area contributed by atoms with Crippen LogP contribution in [-0.4, -0.2) is 33.4 Å². The number of nitrogens with zero attached hydrogens (tertiary/aromatic N) is 2. The van der Waals surface area contributed by atoms with Crippen molar-refractivity contribution < 1.29 is 19.7 Å². The third-order valence-corrected chi connectivity index (χ3v) is 5.28. The van der Waals surface area contributed by atoms with E-state index in [0.29, 0.717) is 18.6 Å². The summed E-state index contributed by atoms with van der Waals surface area (Å²) in [6, 6.07) is 22.1. The molecule has 4 aromatic rings. The molecule has 0 saturated carbocycles. The number of ether oxygens (including phenoxy) is 1. The van der Waals surface area contributed by atoms with E-state index < -0.39 is 0 Å². The number of phenolic OH excluding ortho intramolecular Hbond substituents is 2. The number of hydrogen-bond acceptors (Lipinski definition) is 5. The molecule has 1 aromatic heterocycles. The molecule has 0 unspecified atom stereocenters. The molecule has 0 saturated heterocycles. The van der Waals surface area contributed by atoms with E-state index in [1.807, 2.05) is 71.5 Å². The maximum atomic E-state index is 11.1. The second kappa shape index (κ2) is 10.4. The van der Waals surface area contributed by atoms with Gasteiger partial charge in [-0.3, -0.25) is 9.48 Å². The summed E-state index contributed by atoms with van der Waals surface area (Å²) in [4.78, 5) is 11.1. The Bertz CT molecular complexity index is 1350. The van der Waals surface area contributed by atoms with E-state index in [4.69, 9.17) is 9.84 Å². The Balaban J connectivity index is 1.65. The van der Waals surface area contributed by atoms with Crippen LogP contribution in [0.3, 0.4) is 0 Å². The van der Waals surface area contributed by atoms with Gasteiger partial charge < -0.3 is 14.9 Å². The zero-order valence-electron chi connectivity index (χ0n) is 18.6. The van der Waals surface area contributed by atoms with Gasteiger partial charge >= 0.3 is 0 Å². The highest BCUT2D eigenvalue weighted by atomic mass is 16.5. The molecule has 6 nitrogen and oxygen atoms in total. The SMILES string of the molecule is COc1cc(/C=C/c2cc(/C=C/c3ccc(O)c(C=O)c3)nn2Cc2ccccc2)ccc1O. The van der Waals surface area contributed by atoms with Crippen LogP contribution in [0.5, 0.6) is 17.2 Å². The van der Waals surface area contributed by atoms with E-state index in [1.54, 1.807) is 24.3 Å². The number of carbonyl (C=O) groups excluding carboxylic acids is 1. The molecule has 2 N–H and O–H groups in total. The quantitative estimate of drug-likeness (QED) is 0.345. The highest BCUT2D eigenvalue weighted by molar-refractivity contribution is 5.82. The van der Waals surface area contributed by atoms with Crippen molar-refractivity contribution >= 4 is 30.6 Å². The number of benzene rings is 3. The van der Waals surface area contributed by atoms with Crippen LogP contribution in [0.2, 0.25) is 0 Å². The van der Waals surface area contributed by atoms with Crippen LogP contribution in [0.25, 0.3) is 24.3 Å². The Morgan fingerprint density at radius 3 is 2.29 bits per heavy atom. The largest absolute Gasteiger partial charge is 0.507 e. The van der Waals surface area contributed by atoms with Crippen LogP contribution in [0.1, 0.15) is 38.4 Å². The summed E-state index contributed by atoms with van der Waals surface area (Å²) in [5.41, 5.74) is 4.67. The first kappa shape index (κ1) is 22.6. The van der Waals surface area contributed by atoms with Crippen LogP contribution in [0.4, 0.5) is 0 Å². The van der Waals surface area contributed by atoms with Crippen LogP contribution in [0, 0.1) is 0 Å². The lowest BCUT2D eigenvalue weighted by molar-refractivity contribution is 0.112. The van der Waals surface area contributed by atoms with Gasteiger partial charge in [-0.2, -0.15) is 5.10 Å². The summed E-state index contributed by atoms with van der Waals surface area (Å²) >= 11 is 0. The highest BCUT2D eigenvalue weighted by Crippen LogP contribution is 2.27. The van der Waals surface area contributed by atoms with E-state index in [2.05, 4.69) is 0 Å². The van der Waals surface area contributed by atoms with Crippen molar-refractivity contribution in [3.63, 3.8) is 0 Å². The van der Waals surface area contributed by atoms with Gasteiger partial charge in [0.2, 0.25) is 0 Å². The van der Waals surface area contributed by atoms with Crippen molar-refractivity contribution in [2.75, 3.05) is 7.11 Å². The fourth-order valence-corrected chi connectivity index (χ4v) is 3.48. The van der Waals surface area contributed by atoms with Gasteiger partial charge in [-0.05, 0) is 59.2 Å². The van der Waals surface area contributed by atoms with Crippen molar-refractivity contribution in [2.24, 2.45) is 0 Å². The van der Waals surface area contributed by atoms with Gasteiger partial charge in [0.15, 0.2) is 17.8 Å². The minimum absolute atomic E-state index is 0.0439. The van der Waals surface area contributed by atoms with Gasteiger partial charge in [0.25, 0.3) is 0 Å². The van der Waals surface area contributed by atoms with Gasteiger partial charge in [0, 0.05) is 0 Å². The van der Waals surface area contributed by atoms with E-state index in [0.717, 1.165) is 28.1 Å². The third kappa shape index (κ3) is 5.42. The summed E-state index contributed by atoms with van der Waals surface area (Å²) < 4.78 is 7.11. The molecule has 0 aliphatic carbocycles. The number of carbonyl (C=O) groups is 1. The van der Waals surface area contributed by atoms with Gasteiger partial charge in [0.05, 0.1) is 30.6 Å². The Labute approximate surface area is 197 Å². The Morgan fingerprint density at radius 2 is 1.56 bits per heavy atom. The lowest BCUT2D eigenvalue weighted by Crippen LogP contribution is -2.03. The standard InChI is InChI=1S/C28H24N2O4/c1-34-28-16-21(10-14-27(28)33)8-12-25-17-24(29-30(25)18-22-5-3-2-4-6-22)11-7-20-9-13-26(32)23(15-20)19-31/h2-17,19,32-33H,18H2,1H3/b11-7+,12-8+. The normalized spacial score (nSPS) is 11.3. The monoisotopic (exact) mass is 452 g/mol. The smallest absolute Gasteiger partial charge is 0.161 e. The molecule has 0 bridgehead atoms. The zero-order valence-corrected chi connectivity index (χ0v) is 18.6. The lowest BCUT2D eigenvalue weighted by atomic mass is 10.1. The summed E-state index contributed by atoms with van der Waals surface area (Å²) in [5, 5.41) is 24.3. The zero-order chi connectivity index (χ0) is 23.9. The van der Waals surface area contributed by atoms with Crippen LogP contribution in [-0.2, 0) is 6.54 Å². The molecule has 0 atom stereocenters. The molecule has 0 radical (unpaired) electrons. The topological polar surface area (TPSA) is 84.6 Å². The molecule has 0 fully saturated rings. The second-order valence-corrected chi connectivity index (χ2v) is 7.67. The first-order chi connectivity index (χ1) is 16.6. The molecule has 1 heterocycles. The maximum Gasteiger partial charge on any atom is 0.161 e. The van der Waals surface area contributed by atoms with Gasteiger partial charge in [-0.1, -0.05) is 54.6 Å². The predicted octanol–water partition coefficient (Wildman–Crippen LogP) is 5.50. The van der Waals surface area contributed by atoms with Crippen LogP contribution >= 0.6 is 0 Å². The molecule has 0 aliphatic rings. The molecule has 0 spiro atoms. The average molecular weight is 453 g/mol. The van der Waals surface area contributed by atoms with E-state index in [1.165, 1.54) is 13.2 Å². The molecule has 170 valence electrons. The van der Waals surface area contributed by atoms with Crippen LogP contribution < -0.4 is 4.74 Å². The third-order valence-electron chi connectivity index (χ3n) is 5.28. The minimum Gasteiger partial charge on any atom is -0.507 e. The molecule has 34 heavy (non-hydrogen) atoms.